The number of halogens is 3. The van der Waals surface area contributed by atoms with Crippen molar-refractivity contribution in [2.45, 2.75) is 32.2 Å². The van der Waals surface area contributed by atoms with Crippen LogP contribution in [0.4, 0.5) is 13.2 Å². The molecule has 0 spiro atoms. The molecule has 2 atom stereocenters. The van der Waals surface area contributed by atoms with E-state index in [1.54, 1.807) is 31.5 Å². The maximum absolute atomic E-state index is 13.4. The smallest absolute Gasteiger partial charge is 0.478 e. The van der Waals surface area contributed by atoms with E-state index in [0.29, 0.717) is 34.3 Å². The SMILES string of the molecule is Cc1ccc(-c2cc(C(=O)N[C@H](C)c3ccc(C(F)(F)F)[n+]([O-])c3)cc(C3=C[C@@H](c4ccccn4)ON3)c2)nc1. The number of nitrogens with zero attached hydrogens (tertiary/aromatic N) is 3. The van der Waals surface area contributed by atoms with Gasteiger partial charge < -0.3 is 10.5 Å². The van der Waals surface area contributed by atoms with Crippen molar-refractivity contribution in [3.8, 4) is 11.3 Å². The molecule has 204 valence electrons. The van der Waals surface area contributed by atoms with Crippen molar-refractivity contribution < 1.29 is 27.5 Å². The summed E-state index contributed by atoms with van der Waals surface area (Å²) in [5.74, 6) is -0.485. The summed E-state index contributed by atoms with van der Waals surface area (Å²) in [5, 5.41) is 14.7. The number of aryl methyl sites for hydroxylation is 1. The number of carbonyl (C=O) groups is 1. The monoisotopic (exact) mass is 547 g/mol. The third-order valence-corrected chi connectivity index (χ3v) is 6.38. The minimum absolute atomic E-state index is 0.222. The van der Waals surface area contributed by atoms with Gasteiger partial charge in [0.1, 0.15) is 6.10 Å². The van der Waals surface area contributed by atoms with Crippen LogP contribution in [-0.2, 0) is 11.0 Å². The topological polar surface area (TPSA) is 103 Å². The van der Waals surface area contributed by atoms with Gasteiger partial charge in [-0.25, -0.2) is 0 Å². The van der Waals surface area contributed by atoms with Crippen LogP contribution in [0.3, 0.4) is 0 Å². The molecule has 1 aliphatic rings. The molecule has 2 N–H and O–H groups in total. The van der Waals surface area contributed by atoms with E-state index in [0.717, 1.165) is 11.8 Å². The zero-order valence-corrected chi connectivity index (χ0v) is 21.4. The molecule has 0 fully saturated rings. The van der Waals surface area contributed by atoms with Gasteiger partial charge in [-0.2, -0.15) is 17.9 Å². The molecular weight excluding hydrogens is 523 g/mol. The number of hydrogen-bond donors (Lipinski definition) is 2. The van der Waals surface area contributed by atoms with Crippen LogP contribution in [0.5, 0.6) is 0 Å². The van der Waals surface area contributed by atoms with E-state index in [1.165, 1.54) is 6.07 Å². The number of aromatic nitrogens is 3. The molecule has 1 aromatic carbocycles. The summed E-state index contributed by atoms with van der Waals surface area (Å²) in [5.41, 5.74) is 6.36. The van der Waals surface area contributed by atoms with Crippen molar-refractivity contribution in [2.75, 3.05) is 0 Å². The fourth-order valence-electron chi connectivity index (χ4n) is 4.23. The highest BCUT2D eigenvalue weighted by Gasteiger charge is 2.39. The lowest BCUT2D eigenvalue weighted by molar-refractivity contribution is -0.629. The number of rotatable bonds is 6. The maximum atomic E-state index is 13.4. The second-order valence-corrected chi connectivity index (χ2v) is 9.36. The van der Waals surface area contributed by atoms with Gasteiger partial charge in [0.05, 0.1) is 23.1 Å². The Labute approximate surface area is 227 Å². The Balaban J connectivity index is 1.46. The van der Waals surface area contributed by atoms with Gasteiger partial charge in [0.15, 0.2) is 6.20 Å². The molecule has 0 saturated carbocycles. The van der Waals surface area contributed by atoms with Crippen LogP contribution in [0.2, 0.25) is 0 Å². The summed E-state index contributed by atoms with van der Waals surface area (Å²) in [6.45, 7) is 3.50. The molecule has 0 unspecified atom stereocenters. The van der Waals surface area contributed by atoms with Crippen LogP contribution >= 0.6 is 0 Å². The molecule has 40 heavy (non-hydrogen) atoms. The van der Waals surface area contributed by atoms with Crippen LogP contribution in [0.15, 0.2) is 85.3 Å². The van der Waals surface area contributed by atoms with E-state index in [1.807, 2.05) is 49.4 Å². The van der Waals surface area contributed by atoms with Crippen molar-refractivity contribution in [2.24, 2.45) is 0 Å². The van der Waals surface area contributed by atoms with Crippen molar-refractivity contribution >= 4 is 11.6 Å². The van der Waals surface area contributed by atoms with E-state index < -0.39 is 29.9 Å². The number of hydrogen-bond acceptors (Lipinski definition) is 6. The quantitative estimate of drug-likeness (QED) is 0.254. The number of nitrogens with one attached hydrogen (secondary N) is 2. The minimum Gasteiger partial charge on any atom is -0.618 e. The molecule has 0 radical (unpaired) electrons. The standard InChI is InChI=1S/C29H24F3N5O3/c1-17-6-8-23(34-15-17)20-11-21(25-14-26(40-36-25)24-5-3-4-10-33-24)13-22(12-20)28(38)35-18(2)19-7-9-27(29(30,31)32)37(39)16-19/h3-16,18,26,36H,1-2H3,(H,35,38)/t18-,26+/m1/s1. The first-order chi connectivity index (χ1) is 19.1. The number of amides is 1. The molecule has 1 aliphatic heterocycles. The van der Waals surface area contributed by atoms with Gasteiger partial charge in [-0.15, -0.1) is 0 Å². The predicted molar refractivity (Wildman–Crippen MR) is 140 cm³/mol. The highest BCUT2D eigenvalue weighted by atomic mass is 19.4. The maximum Gasteiger partial charge on any atom is 0.478 e. The lowest BCUT2D eigenvalue weighted by Gasteiger charge is -2.16. The fraction of sp³-hybridized carbons (Fsp3) is 0.172. The van der Waals surface area contributed by atoms with Crippen LogP contribution in [0.1, 0.15) is 57.5 Å². The molecule has 5 rings (SSSR count). The van der Waals surface area contributed by atoms with Crippen LogP contribution < -0.4 is 15.5 Å². The molecule has 0 saturated heterocycles. The molecule has 11 heteroatoms. The fourth-order valence-corrected chi connectivity index (χ4v) is 4.23. The number of pyridine rings is 3. The van der Waals surface area contributed by atoms with Crippen molar-refractivity contribution in [1.82, 2.24) is 20.8 Å². The molecule has 0 bridgehead atoms. The Morgan fingerprint density at radius 1 is 1.10 bits per heavy atom. The van der Waals surface area contributed by atoms with Gasteiger partial charge in [0, 0.05) is 40.7 Å². The summed E-state index contributed by atoms with van der Waals surface area (Å²) in [6, 6.07) is 15.6. The van der Waals surface area contributed by atoms with Crippen molar-refractivity contribution in [1.29, 1.82) is 0 Å². The lowest BCUT2D eigenvalue weighted by atomic mass is 9.99. The molecule has 0 aliphatic carbocycles. The second-order valence-electron chi connectivity index (χ2n) is 9.36. The van der Waals surface area contributed by atoms with Gasteiger partial charge >= 0.3 is 6.18 Å². The normalized spacial score (nSPS) is 15.7. The average molecular weight is 548 g/mol. The number of benzene rings is 1. The van der Waals surface area contributed by atoms with Gasteiger partial charge in [0.2, 0.25) is 0 Å². The molecular formula is C29H24F3N5O3. The molecule has 1 amide bonds. The van der Waals surface area contributed by atoms with Crippen LogP contribution in [0.25, 0.3) is 17.0 Å². The zero-order valence-electron chi connectivity index (χ0n) is 21.4. The molecule has 8 nitrogen and oxygen atoms in total. The molecule has 4 heterocycles. The largest absolute Gasteiger partial charge is 0.618 e. The summed E-state index contributed by atoms with van der Waals surface area (Å²) >= 11 is 0. The van der Waals surface area contributed by atoms with E-state index in [-0.39, 0.29) is 15.9 Å². The lowest BCUT2D eigenvalue weighted by Crippen LogP contribution is -2.38. The number of alkyl halides is 3. The predicted octanol–water partition coefficient (Wildman–Crippen LogP) is 5.21. The van der Waals surface area contributed by atoms with Gasteiger partial charge in [0.25, 0.3) is 11.6 Å². The van der Waals surface area contributed by atoms with E-state index in [4.69, 9.17) is 4.84 Å². The van der Waals surface area contributed by atoms with Crippen LogP contribution in [-0.4, -0.2) is 15.9 Å². The Morgan fingerprint density at radius 2 is 1.90 bits per heavy atom. The summed E-state index contributed by atoms with van der Waals surface area (Å²) in [6.07, 6.45) is 0.837. The highest BCUT2D eigenvalue weighted by molar-refractivity contribution is 5.96. The van der Waals surface area contributed by atoms with E-state index >= 15 is 0 Å². The number of carbonyl (C=O) groups excluding carboxylic acids is 1. The van der Waals surface area contributed by atoms with Crippen molar-refractivity contribution in [3.05, 3.63) is 124 Å². The Kier molecular flexibility index (Phi) is 7.22. The Bertz CT molecular complexity index is 1570. The van der Waals surface area contributed by atoms with Crippen LogP contribution in [0, 0.1) is 12.1 Å². The zero-order chi connectivity index (χ0) is 28.4. The Hall–Kier alpha value is -4.77. The second kappa shape index (κ2) is 10.8. The summed E-state index contributed by atoms with van der Waals surface area (Å²) < 4.78 is 38.7. The summed E-state index contributed by atoms with van der Waals surface area (Å²) in [4.78, 5) is 27.9. The van der Waals surface area contributed by atoms with E-state index in [9.17, 15) is 23.2 Å². The van der Waals surface area contributed by atoms with Crippen molar-refractivity contribution in [3.63, 3.8) is 0 Å². The first kappa shape index (κ1) is 26.8. The van der Waals surface area contributed by atoms with Gasteiger partial charge in [-0.1, -0.05) is 12.1 Å². The van der Waals surface area contributed by atoms with Gasteiger partial charge in [-0.05, 0) is 68.0 Å². The third-order valence-electron chi connectivity index (χ3n) is 6.38. The molecule has 3 aromatic heterocycles. The first-order valence-electron chi connectivity index (χ1n) is 12.3. The summed E-state index contributed by atoms with van der Waals surface area (Å²) in [7, 11) is 0. The third kappa shape index (κ3) is 5.79. The minimum atomic E-state index is -4.78. The highest BCUT2D eigenvalue weighted by Crippen LogP contribution is 2.31. The number of hydroxylamine groups is 1. The van der Waals surface area contributed by atoms with Gasteiger partial charge in [-0.3, -0.25) is 25.1 Å². The average Bonchev–Trinajstić information content (AvgIpc) is 3.43. The first-order valence-corrected chi connectivity index (χ1v) is 12.3. The van der Waals surface area contributed by atoms with E-state index in [2.05, 4.69) is 20.8 Å². The molecule has 4 aromatic rings. The Morgan fingerprint density at radius 3 is 2.58 bits per heavy atom.